The molecule has 1 heterocycles. The fourth-order valence-electron chi connectivity index (χ4n) is 3.19. The highest BCUT2D eigenvalue weighted by molar-refractivity contribution is 8.27. The van der Waals surface area contributed by atoms with Gasteiger partial charge in [-0.05, 0) is 34.1 Å². The van der Waals surface area contributed by atoms with E-state index in [4.69, 9.17) is 9.98 Å². The molecule has 0 saturated carbocycles. The minimum atomic E-state index is 0.0588. The van der Waals surface area contributed by atoms with Crippen LogP contribution in [0.2, 0.25) is 0 Å². The second kappa shape index (κ2) is 8.46. The van der Waals surface area contributed by atoms with E-state index in [0.29, 0.717) is 0 Å². The van der Waals surface area contributed by atoms with Gasteiger partial charge in [-0.15, -0.1) is 23.5 Å². The topological polar surface area (TPSA) is 24.7 Å². The number of hydrogen-bond acceptors (Lipinski definition) is 4. The van der Waals surface area contributed by atoms with E-state index in [1.165, 1.54) is 11.1 Å². The molecule has 1 aliphatic rings. The van der Waals surface area contributed by atoms with Crippen LogP contribution in [0.15, 0.2) is 58.5 Å². The van der Waals surface area contributed by atoms with Crippen LogP contribution in [-0.4, -0.2) is 21.6 Å². The van der Waals surface area contributed by atoms with Crippen LogP contribution in [0.1, 0.15) is 52.7 Å². The third kappa shape index (κ3) is 5.09. The third-order valence-corrected chi connectivity index (χ3v) is 6.93. The van der Waals surface area contributed by atoms with Crippen LogP contribution in [0.5, 0.6) is 0 Å². The summed E-state index contributed by atoms with van der Waals surface area (Å²) in [6, 6.07) is 16.9. The summed E-state index contributed by atoms with van der Waals surface area (Å²) in [4.78, 5) is 10.2. The van der Waals surface area contributed by atoms with E-state index < -0.39 is 0 Å². The highest BCUT2D eigenvalue weighted by Crippen LogP contribution is 2.36. The second-order valence-corrected chi connectivity index (χ2v) is 11.2. The molecule has 0 aliphatic carbocycles. The van der Waals surface area contributed by atoms with Crippen molar-refractivity contribution in [1.29, 1.82) is 0 Å². The van der Waals surface area contributed by atoms with E-state index in [-0.39, 0.29) is 10.8 Å². The lowest BCUT2D eigenvalue weighted by Crippen LogP contribution is -2.16. The van der Waals surface area contributed by atoms with Gasteiger partial charge in [-0.3, -0.25) is 0 Å². The lowest BCUT2D eigenvalue weighted by atomic mass is 9.86. The van der Waals surface area contributed by atoms with Gasteiger partial charge in [0.2, 0.25) is 0 Å². The standard InChI is InChI=1S/C24H30N2S2/c1-23(2,3)17-11-7-9-13-19(17)25-21-22(28-16-15-27-21)26-20-14-10-8-12-18(20)24(4,5)6/h7-14H,15-16H2,1-6H3. The molecule has 1 aliphatic heterocycles. The summed E-state index contributed by atoms with van der Waals surface area (Å²) in [5.41, 5.74) is 4.77. The first-order valence-electron chi connectivity index (χ1n) is 9.78. The molecule has 2 nitrogen and oxygen atoms in total. The van der Waals surface area contributed by atoms with Gasteiger partial charge in [-0.2, -0.15) is 0 Å². The SMILES string of the molecule is CC(C)(C)c1ccccc1N=C1SCCSC1=Nc1ccccc1C(C)(C)C. The van der Waals surface area contributed by atoms with Gasteiger partial charge in [0.1, 0.15) is 10.1 Å². The first kappa shape index (κ1) is 21.2. The molecule has 0 radical (unpaired) electrons. The molecule has 3 rings (SSSR count). The normalized spacial score (nSPS) is 18.6. The van der Waals surface area contributed by atoms with Crippen molar-refractivity contribution >= 4 is 45.0 Å². The third-order valence-electron chi connectivity index (χ3n) is 4.61. The molecular formula is C24H30N2S2. The monoisotopic (exact) mass is 410 g/mol. The molecule has 2 aromatic rings. The van der Waals surface area contributed by atoms with Crippen molar-refractivity contribution in [2.24, 2.45) is 9.98 Å². The first-order chi connectivity index (χ1) is 13.2. The van der Waals surface area contributed by atoms with E-state index in [9.17, 15) is 0 Å². The van der Waals surface area contributed by atoms with Crippen molar-refractivity contribution < 1.29 is 0 Å². The Morgan fingerprint density at radius 3 is 1.32 bits per heavy atom. The Morgan fingerprint density at radius 1 is 0.607 bits per heavy atom. The minimum absolute atomic E-state index is 0.0588. The highest BCUT2D eigenvalue weighted by Gasteiger charge is 2.22. The predicted molar refractivity (Wildman–Crippen MR) is 129 cm³/mol. The Bertz CT molecular complexity index is 824. The minimum Gasteiger partial charge on any atom is -0.239 e. The van der Waals surface area contributed by atoms with Crippen LogP contribution in [0, 0.1) is 0 Å². The van der Waals surface area contributed by atoms with Crippen molar-refractivity contribution in [3.8, 4) is 0 Å². The van der Waals surface area contributed by atoms with Crippen molar-refractivity contribution in [3.05, 3.63) is 59.7 Å². The van der Waals surface area contributed by atoms with Crippen molar-refractivity contribution in [1.82, 2.24) is 0 Å². The van der Waals surface area contributed by atoms with E-state index in [1.54, 1.807) is 0 Å². The largest absolute Gasteiger partial charge is 0.239 e. The molecule has 28 heavy (non-hydrogen) atoms. The number of hydrogen-bond donors (Lipinski definition) is 0. The summed E-state index contributed by atoms with van der Waals surface area (Å²) in [6.07, 6.45) is 0. The molecule has 1 fully saturated rings. The lowest BCUT2D eigenvalue weighted by molar-refractivity contribution is 0.591. The van der Waals surface area contributed by atoms with E-state index >= 15 is 0 Å². The van der Waals surface area contributed by atoms with Crippen LogP contribution in [0.3, 0.4) is 0 Å². The summed E-state index contributed by atoms with van der Waals surface area (Å²) in [5, 5.41) is 2.08. The Morgan fingerprint density at radius 2 is 0.964 bits per heavy atom. The number of rotatable bonds is 2. The number of para-hydroxylation sites is 2. The van der Waals surface area contributed by atoms with Gasteiger partial charge >= 0.3 is 0 Å². The first-order valence-corrected chi connectivity index (χ1v) is 11.8. The molecule has 1 saturated heterocycles. The second-order valence-electron chi connectivity index (χ2n) is 9.07. The number of aliphatic imine (C=N–C) groups is 2. The maximum atomic E-state index is 5.08. The molecular weight excluding hydrogens is 380 g/mol. The summed E-state index contributed by atoms with van der Waals surface area (Å²) in [7, 11) is 0. The quantitative estimate of drug-likeness (QED) is 0.511. The summed E-state index contributed by atoms with van der Waals surface area (Å²) < 4.78 is 0. The van der Waals surface area contributed by atoms with Gasteiger partial charge < -0.3 is 0 Å². The molecule has 0 spiro atoms. The average Bonchev–Trinajstić information content (AvgIpc) is 2.62. The number of nitrogens with zero attached hydrogens (tertiary/aromatic N) is 2. The molecule has 0 amide bonds. The van der Waals surface area contributed by atoms with E-state index in [0.717, 1.165) is 33.0 Å². The zero-order valence-electron chi connectivity index (χ0n) is 17.7. The van der Waals surface area contributed by atoms with Gasteiger partial charge in [-0.1, -0.05) is 77.9 Å². The van der Waals surface area contributed by atoms with Crippen LogP contribution in [0.25, 0.3) is 0 Å². The van der Waals surface area contributed by atoms with Crippen molar-refractivity contribution in [2.45, 2.75) is 52.4 Å². The van der Waals surface area contributed by atoms with Crippen LogP contribution < -0.4 is 0 Å². The van der Waals surface area contributed by atoms with Gasteiger partial charge in [-0.25, -0.2) is 9.98 Å². The Kier molecular flexibility index (Phi) is 6.41. The Hall–Kier alpha value is -1.52. The summed E-state index contributed by atoms with van der Waals surface area (Å²) in [6.45, 7) is 13.4. The molecule has 0 unspecified atom stereocenters. The maximum Gasteiger partial charge on any atom is 0.129 e. The Labute approximate surface area is 178 Å². The van der Waals surface area contributed by atoms with Gasteiger partial charge in [0.25, 0.3) is 0 Å². The fraction of sp³-hybridized carbons (Fsp3) is 0.417. The smallest absolute Gasteiger partial charge is 0.129 e. The van der Waals surface area contributed by atoms with E-state index in [2.05, 4.69) is 90.1 Å². The average molecular weight is 411 g/mol. The summed E-state index contributed by atoms with van der Waals surface area (Å²) in [5.74, 6) is 2.14. The van der Waals surface area contributed by atoms with Gasteiger partial charge in [0, 0.05) is 11.5 Å². The molecule has 0 aromatic heterocycles. The fourth-order valence-corrected chi connectivity index (χ4v) is 5.26. The highest BCUT2D eigenvalue weighted by atomic mass is 32.2. The predicted octanol–water partition coefficient (Wildman–Crippen LogP) is 7.52. The molecule has 2 aromatic carbocycles. The molecule has 0 N–H and O–H groups in total. The molecule has 0 bridgehead atoms. The zero-order chi connectivity index (χ0) is 20.4. The lowest BCUT2D eigenvalue weighted by Gasteiger charge is -2.23. The molecule has 0 atom stereocenters. The zero-order valence-corrected chi connectivity index (χ0v) is 19.4. The maximum absolute atomic E-state index is 5.08. The molecule has 148 valence electrons. The van der Waals surface area contributed by atoms with Crippen molar-refractivity contribution in [2.75, 3.05) is 11.5 Å². The summed E-state index contributed by atoms with van der Waals surface area (Å²) >= 11 is 3.63. The van der Waals surface area contributed by atoms with Crippen LogP contribution in [-0.2, 0) is 10.8 Å². The number of benzene rings is 2. The number of thioether (sulfide) groups is 2. The molecule has 4 heteroatoms. The van der Waals surface area contributed by atoms with Crippen molar-refractivity contribution in [3.63, 3.8) is 0 Å². The van der Waals surface area contributed by atoms with E-state index in [1.807, 2.05) is 23.5 Å². The van der Waals surface area contributed by atoms with Gasteiger partial charge in [0.05, 0.1) is 11.4 Å². The van der Waals surface area contributed by atoms with Crippen LogP contribution in [0.4, 0.5) is 11.4 Å². The van der Waals surface area contributed by atoms with Crippen LogP contribution >= 0.6 is 23.5 Å². The van der Waals surface area contributed by atoms with Gasteiger partial charge in [0.15, 0.2) is 0 Å². The Balaban J connectivity index is 2.06.